The minimum absolute atomic E-state index is 0.00297. The Labute approximate surface area is 230 Å². The molecule has 0 spiro atoms. The van der Waals surface area contributed by atoms with Crippen molar-refractivity contribution in [2.75, 3.05) is 13.2 Å². The van der Waals surface area contributed by atoms with Gasteiger partial charge in [0.05, 0.1) is 28.8 Å². The van der Waals surface area contributed by atoms with Crippen molar-refractivity contribution in [1.29, 1.82) is 0 Å². The number of aryl methyl sites for hydroxylation is 1. The number of likely N-dealkylation sites (tertiary alicyclic amines) is 1. The zero-order chi connectivity index (χ0) is 28.4. The van der Waals surface area contributed by atoms with E-state index in [2.05, 4.69) is 10.3 Å². The molecular formula is C28H31N3O7S. The van der Waals surface area contributed by atoms with E-state index in [1.807, 2.05) is 43.5 Å². The van der Waals surface area contributed by atoms with E-state index in [0.717, 1.165) is 21.7 Å². The number of carboxylic acid groups (broad SMARTS) is 1. The lowest BCUT2D eigenvalue weighted by molar-refractivity contribution is -0.137. The number of amides is 2. The number of aliphatic hydroxyl groups excluding tert-OH is 1. The number of rotatable bonds is 10. The third kappa shape index (κ3) is 7.95. The molecule has 11 heteroatoms. The summed E-state index contributed by atoms with van der Waals surface area (Å²) in [5, 5.41) is 21.9. The Morgan fingerprint density at radius 1 is 1.18 bits per heavy atom. The molecule has 3 aromatic rings. The molecule has 10 nitrogen and oxygen atoms in total. The van der Waals surface area contributed by atoms with E-state index in [4.69, 9.17) is 14.6 Å². The van der Waals surface area contributed by atoms with Crippen molar-refractivity contribution >= 4 is 35.9 Å². The van der Waals surface area contributed by atoms with Gasteiger partial charge < -0.3 is 30.0 Å². The first kappa shape index (κ1) is 29.5. The number of ether oxygens (including phenoxy) is 1. The van der Waals surface area contributed by atoms with Crippen molar-refractivity contribution in [2.45, 2.75) is 44.9 Å². The first-order chi connectivity index (χ1) is 18.8. The number of nitrogens with one attached hydrogen (secondary N) is 1. The number of hydrogen-bond acceptors (Lipinski definition) is 8. The number of benzene rings is 2. The standard InChI is InChI=1S/C27H29N3O6S.CH2O/c1-17-25(37-16-29-17)19-9-7-18(8-10-19)14-28-26(34)23-13-21(31)15-30(23)27(35)20-4-2-5-22(12-20)36-11-3-6-24(32)33;1-2/h2,4-5,7-10,12,16,21,23,31H,3,6,11,13-15H2,1H3,(H,28,34)(H,32,33);1H2/t21-,23?;/m1./s1. The summed E-state index contributed by atoms with van der Waals surface area (Å²) in [6.45, 7) is 4.54. The molecule has 0 radical (unpaired) electrons. The number of aliphatic hydroxyl groups is 1. The lowest BCUT2D eigenvalue weighted by Crippen LogP contribution is -2.45. The number of β-amino-alcohol motifs (C(OH)–C–C–N with tert-alkyl or cyclic N) is 1. The van der Waals surface area contributed by atoms with Gasteiger partial charge in [-0.15, -0.1) is 11.3 Å². The van der Waals surface area contributed by atoms with Gasteiger partial charge in [0.15, 0.2) is 0 Å². The zero-order valence-corrected chi connectivity index (χ0v) is 22.4. The Morgan fingerprint density at radius 2 is 1.92 bits per heavy atom. The average Bonchev–Trinajstić information content (AvgIpc) is 3.56. The van der Waals surface area contributed by atoms with Gasteiger partial charge in [-0.1, -0.05) is 30.3 Å². The van der Waals surface area contributed by atoms with Crippen LogP contribution in [0.4, 0.5) is 0 Å². The average molecular weight is 554 g/mol. The highest BCUT2D eigenvalue weighted by Crippen LogP contribution is 2.27. The van der Waals surface area contributed by atoms with Crippen LogP contribution in [0.3, 0.4) is 0 Å². The smallest absolute Gasteiger partial charge is 0.303 e. The predicted octanol–water partition coefficient (Wildman–Crippen LogP) is 3.07. The fourth-order valence-electron chi connectivity index (χ4n) is 4.24. The molecule has 1 unspecified atom stereocenters. The minimum atomic E-state index is -0.896. The van der Waals surface area contributed by atoms with Crippen molar-refractivity contribution in [1.82, 2.24) is 15.2 Å². The summed E-state index contributed by atoms with van der Waals surface area (Å²) in [5.41, 5.74) is 5.11. The van der Waals surface area contributed by atoms with Gasteiger partial charge in [-0.25, -0.2) is 4.98 Å². The number of carbonyl (C=O) groups excluding carboxylic acids is 3. The molecule has 4 rings (SSSR count). The topological polar surface area (TPSA) is 146 Å². The molecule has 0 saturated carbocycles. The van der Waals surface area contributed by atoms with Crippen LogP contribution < -0.4 is 10.1 Å². The van der Waals surface area contributed by atoms with Crippen LogP contribution >= 0.6 is 11.3 Å². The van der Waals surface area contributed by atoms with E-state index in [0.29, 0.717) is 24.3 Å². The molecule has 2 heterocycles. The van der Waals surface area contributed by atoms with Gasteiger partial charge in [0, 0.05) is 31.5 Å². The molecular weight excluding hydrogens is 522 g/mol. The molecule has 0 aliphatic carbocycles. The van der Waals surface area contributed by atoms with Crippen LogP contribution in [-0.4, -0.2) is 70.0 Å². The Hall–Kier alpha value is -4.09. The summed E-state index contributed by atoms with van der Waals surface area (Å²) in [7, 11) is 0. The van der Waals surface area contributed by atoms with Gasteiger partial charge in [-0.3, -0.25) is 14.4 Å². The summed E-state index contributed by atoms with van der Waals surface area (Å²) in [5.74, 6) is -1.16. The third-order valence-electron chi connectivity index (χ3n) is 6.16. The lowest BCUT2D eigenvalue weighted by atomic mass is 10.1. The lowest BCUT2D eigenvalue weighted by Gasteiger charge is -2.24. The van der Waals surface area contributed by atoms with E-state index in [9.17, 15) is 19.5 Å². The highest BCUT2D eigenvalue weighted by atomic mass is 32.1. The van der Waals surface area contributed by atoms with E-state index < -0.39 is 18.1 Å². The maximum atomic E-state index is 13.2. The SMILES string of the molecule is C=O.Cc1ncsc1-c1ccc(CNC(=O)C2C[C@@H](O)CN2C(=O)c2cccc(OCCCC(=O)O)c2)cc1. The largest absolute Gasteiger partial charge is 0.494 e. The number of hydrogen-bond donors (Lipinski definition) is 3. The minimum Gasteiger partial charge on any atom is -0.494 e. The van der Waals surface area contributed by atoms with Crippen LogP contribution in [0, 0.1) is 6.92 Å². The van der Waals surface area contributed by atoms with E-state index >= 15 is 0 Å². The second kappa shape index (κ2) is 14.2. The van der Waals surface area contributed by atoms with Crippen LogP contribution in [0.15, 0.2) is 54.0 Å². The summed E-state index contributed by atoms with van der Waals surface area (Å²) in [6, 6.07) is 13.6. The molecule has 206 valence electrons. The molecule has 2 atom stereocenters. The van der Waals surface area contributed by atoms with Gasteiger partial charge in [-0.2, -0.15) is 0 Å². The second-order valence-corrected chi connectivity index (χ2v) is 9.77. The first-order valence-electron chi connectivity index (χ1n) is 12.3. The number of nitrogens with zero attached hydrogens (tertiary/aromatic N) is 2. The molecule has 2 amide bonds. The highest BCUT2D eigenvalue weighted by Gasteiger charge is 2.39. The normalized spacial score (nSPS) is 16.2. The maximum absolute atomic E-state index is 13.2. The van der Waals surface area contributed by atoms with Crippen LogP contribution in [0.1, 0.15) is 40.9 Å². The van der Waals surface area contributed by atoms with Crippen molar-refractivity contribution < 1.29 is 34.1 Å². The number of carboxylic acids is 1. The summed E-state index contributed by atoms with van der Waals surface area (Å²) >= 11 is 1.58. The van der Waals surface area contributed by atoms with Crippen molar-refractivity contribution in [3.63, 3.8) is 0 Å². The molecule has 1 saturated heterocycles. The molecule has 0 bridgehead atoms. The van der Waals surface area contributed by atoms with Crippen molar-refractivity contribution in [3.8, 4) is 16.2 Å². The zero-order valence-electron chi connectivity index (χ0n) is 21.5. The number of aromatic nitrogens is 1. The fraction of sp³-hybridized carbons (Fsp3) is 0.321. The Bertz CT molecular complexity index is 1280. The first-order valence-corrected chi connectivity index (χ1v) is 13.2. The van der Waals surface area contributed by atoms with Crippen molar-refractivity contribution in [3.05, 3.63) is 70.9 Å². The fourth-order valence-corrected chi connectivity index (χ4v) is 5.06. The van der Waals surface area contributed by atoms with Crippen LogP contribution in [0.2, 0.25) is 0 Å². The molecule has 2 aromatic carbocycles. The van der Waals surface area contributed by atoms with Gasteiger partial charge in [-0.05, 0) is 42.7 Å². The molecule has 1 aromatic heterocycles. The van der Waals surface area contributed by atoms with Crippen LogP contribution in [0.25, 0.3) is 10.4 Å². The molecule has 3 N–H and O–H groups in total. The highest BCUT2D eigenvalue weighted by molar-refractivity contribution is 7.13. The quantitative estimate of drug-likeness (QED) is 0.325. The Morgan fingerprint density at radius 3 is 2.59 bits per heavy atom. The van der Waals surface area contributed by atoms with Crippen molar-refractivity contribution in [2.24, 2.45) is 0 Å². The number of aliphatic carboxylic acids is 1. The van der Waals surface area contributed by atoms with Gasteiger partial charge in [0.1, 0.15) is 18.6 Å². The Balaban J connectivity index is 0.00000205. The monoisotopic (exact) mass is 553 g/mol. The number of carbonyl (C=O) groups is 4. The van der Waals surface area contributed by atoms with Gasteiger partial charge in [0.25, 0.3) is 5.91 Å². The Kier molecular flexibility index (Phi) is 10.7. The predicted molar refractivity (Wildman–Crippen MR) is 146 cm³/mol. The van der Waals surface area contributed by atoms with E-state index in [-0.39, 0.29) is 37.8 Å². The molecule has 1 aliphatic rings. The third-order valence-corrected chi connectivity index (χ3v) is 7.13. The molecule has 1 fully saturated rings. The molecule has 1 aliphatic heterocycles. The van der Waals surface area contributed by atoms with Crippen LogP contribution in [-0.2, 0) is 20.9 Å². The van der Waals surface area contributed by atoms with Gasteiger partial charge >= 0.3 is 5.97 Å². The summed E-state index contributed by atoms with van der Waals surface area (Å²) in [6.07, 6.45) is -0.289. The maximum Gasteiger partial charge on any atom is 0.303 e. The summed E-state index contributed by atoms with van der Waals surface area (Å²) < 4.78 is 5.57. The van der Waals surface area contributed by atoms with Gasteiger partial charge in [0.2, 0.25) is 5.91 Å². The number of thiazole rings is 1. The van der Waals surface area contributed by atoms with Crippen LogP contribution in [0.5, 0.6) is 5.75 Å². The molecule has 39 heavy (non-hydrogen) atoms. The second-order valence-electron chi connectivity index (χ2n) is 8.92. The summed E-state index contributed by atoms with van der Waals surface area (Å²) in [4.78, 5) is 51.7. The van der Waals surface area contributed by atoms with E-state index in [1.165, 1.54) is 4.90 Å². The van der Waals surface area contributed by atoms with E-state index in [1.54, 1.807) is 35.6 Å².